The molecule has 1 heterocycles. The number of rotatable bonds is 9. The zero-order valence-corrected chi connectivity index (χ0v) is 15.0. The number of nitrogens with one attached hydrogen (secondary N) is 1. The van der Waals surface area contributed by atoms with Crippen molar-refractivity contribution in [1.29, 1.82) is 0 Å². The van der Waals surface area contributed by atoms with E-state index >= 15 is 0 Å². The number of imide groups is 1. The van der Waals surface area contributed by atoms with Gasteiger partial charge in [-0.1, -0.05) is 26.7 Å². The predicted molar refractivity (Wildman–Crippen MR) is 86.9 cm³/mol. The van der Waals surface area contributed by atoms with Crippen molar-refractivity contribution in [3.8, 4) is 0 Å². The molecule has 1 rings (SSSR count). The van der Waals surface area contributed by atoms with E-state index in [1.807, 2.05) is 13.8 Å². The molecule has 0 unspecified atom stereocenters. The van der Waals surface area contributed by atoms with Crippen LogP contribution in [0.5, 0.6) is 0 Å². The number of amides is 2. The van der Waals surface area contributed by atoms with E-state index in [9.17, 15) is 18.0 Å². The summed E-state index contributed by atoms with van der Waals surface area (Å²) in [5, 5.41) is 0. The molecule has 0 aliphatic carbocycles. The Morgan fingerprint density at radius 3 is 2.48 bits per heavy atom. The maximum Gasteiger partial charge on any atom is 0.257 e. The van der Waals surface area contributed by atoms with Gasteiger partial charge in [-0.2, -0.15) is 0 Å². The van der Waals surface area contributed by atoms with Gasteiger partial charge < -0.3 is 4.74 Å². The number of hydrogen-bond donors (Lipinski definition) is 1. The molecule has 2 atom stereocenters. The summed E-state index contributed by atoms with van der Waals surface area (Å²) in [6, 6.07) is -1.40. The van der Waals surface area contributed by atoms with E-state index in [0.29, 0.717) is 25.0 Å². The first-order chi connectivity index (χ1) is 10.8. The van der Waals surface area contributed by atoms with Crippen LogP contribution < -0.4 is 4.72 Å². The number of ether oxygens (including phenoxy) is 1. The first-order valence-corrected chi connectivity index (χ1v) is 9.59. The topological polar surface area (TPSA) is 92.8 Å². The largest absolute Gasteiger partial charge is 0.499 e. The Balaban J connectivity index is 3.04. The fourth-order valence-electron chi connectivity index (χ4n) is 2.56. The molecule has 0 fully saturated rings. The van der Waals surface area contributed by atoms with Crippen LogP contribution in [-0.4, -0.2) is 50.1 Å². The fourth-order valence-corrected chi connectivity index (χ4v) is 3.38. The van der Waals surface area contributed by atoms with Crippen LogP contribution in [0.1, 0.15) is 46.5 Å². The summed E-state index contributed by atoms with van der Waals surface area (Å²) in [5.74, 6) is -0.648. The minimum atomic E-state index is -3.54. The lowest BCUT2D eigenvalue weighted by Gasteiger charge is -2.28. The molecule has 0 aromatic rings. The molecule has 0 aromatic heterocycles. The molecule has 0 spiro atoms. The molecule has 0 saturated carbocycles. The standard InChI is InChI=1S/C15H26N2O5S/c1-5-8-11(16-23(20,21)7-3)15(19)17-12(9-6-2)13(22-4)10-14(17)18/h10-12,16H,5-9H2,1-4H3/t11-,12+/m0/s1. The van der Waals surface area contributed by atoms with Crippen LogP contribution in [0.4, 0.5) is 0 Å². The number of sulfonamides is 1. The van der Waals surface area contributed by atoms with E-state index in [0.717, 1.165) is 11.3 Å². The van der Waals surface area contributed by atoms with Gasteiger partial charge in [0.15, 0.2) is 0 Å². The molecule has 23 heavy (non-hydrogen) atoms. The first-order valence-electron chi connectivity index (χ1n) is 7.93. The molecule has 0 bridgehead atoms. The molecule has 0 radical (unpaired) electrons. The smallest absolute Gasteiger partial charge is 0.257 e. The average Bonchev–Trinajstić information content (AvgIpc) is 2.82. The third-order valence-corrected chi connectivity index (χ3v) is 5.16. The van der Waals surface area contributed by atoms with Gasteiger partial charge in [-0.25, -0.2) is 13.1 Å². The summed E-state index contributed by atoms with van der Waals surface area (Å²) in [7, 11) is -2.08. The van der Waals surface area contributed by atoms with E-state index in [2.05, 4.69) is 4.72 Å². The number of nitrogens with zero attached hydrogens (tertiary/aromatic N) is 1. The zero-order chi connectivity index (χ0) is 17.6. The second-order valence-electron chi connectivity index (χ2n) is 5.46. The summed E-state index contributed by atoms with van der Waals surface area (Å²) in [6.07, 6.45) is 3.60. The average molecular weight is 346 g/mol. The lowest BCUT2D eigenvalue weighted by molar-refractivity contribution is -0.144. The van der Waals surface area contributed by atoms with E-state index in [1.165, 1.54) is 20.1 Å². The molecule has 1 aliphatic heterocycles. The fraction of sp³-hybridized carbons (Fsp3) is 0.733. The molecule has 1 aliphatic rings. The van der Waals surface area contributed by atoms with Gasteiger partial charge in [-0.05, 0) is 19.8 Å². The predicted octanol–water partition coefficient (Wildman–Crippen LogP) is 1.16. The summed E-state index contributed by atoms with van der Waals surface area (Å²) < 4.78 is 31.2. The van der Waals surface area contributed by atoms with Gasteiger partial charge in [0, 0.05) is 6.08 Å². The van der Waals surface area contributed by atoms with Crippen LogP contribution in [0.25, 0.3) is 0 Å². The van der Waals surface area contributed by atoms with Gasteiger partial charge in [0.25, 0.3) is 5.91 Å². The van der Waals surface area contributed by atoms with Gasteiger partial charge >= 0.3 is 0 Å². The van der Waals surface area contributed by atoms with E-state index < -0.39 is 33.9 Å². The van der Waals surface area contributed by atoms with Crippen molar-refractivity contribution in [2.45, 2.75) is 58.5 Å². The molecule has 0 saturated heterocycles. The first kappa shape index (κ1) is 19.6. The third kappa shape index (κ3) is 4.78. The second-order valence-corrected chi connectivity index (χ2v) is 7.51. The second kappa shape index (κ2) is 8.44. The quantitative estimate of drug-likeness (QED) is 0.676. The Kier molecular flexibility index (Phi) is 7.21. The van der Waals surface area contributed by atoms with E-state index in [1.54, 1.807) is 0 Å². The summed E-state index contributed by atoms with van der Waals surface area (Å²) in [4.78, 5) is 26.1. The highest BCUT2D eigenvalue weighted by Crippen LogP contribution is 2.25. The summed E-state index contributed by atoms with van der Waals surface area (Å²) >= 11 is 0. The van der Waals surface area contributed by atoms with Crippen LogP contribution >= 0.6 is 0 Å². The van der Waals surface area contributed by atoms with Gasteiger partial charge in [0.05, 0.1) is 18.9 Å². The van der Waals surface area contributed by atoms with Crippen LogP contribution in [-0.2, 0) is 24.3 Å². The normalized spacial score (nSPS) is 19.7. The summed E-state index contributed by atoms with van der Waals surface area (Å²) in [6.45, 7) is 5.30. The van der Waals surface area contributed by atoms with Crippen LogP contribution in [0.2, 0.25) is 0 Å². The monoisotopic (exact) mass is 346 g/mol. The number of methoxy groups -OCH3 is 1. The van der Waals surface area contributed by atoms with E-state index in [-0.39, 0.29) is 5.75 Å². The number of carbonyl (C=O) groups is 2. The van der Waals surface area contributed by atoms with Crippen molar-refractivity contribution in [2.24, 2.45) is 0 Å². The molecule has 2 amide bonds. The molecular weight excluding hydrogens is 320 g/mol. The molecule has 7 nitrogen and oxygen atoms in total. The lowest BCUT2D eigenvalue weighted by atomic mass is 10.1. The van der Waals surface area contributed by atoms with Gasteiger partial charge in [0.1, 0.15) is 11.8 Å². The SMILES string of the molecule is CCC[C@H](NS(=O)(=O)CC)C(=O)N1C(=O)C=C(OC)[C@H]1CCC. The molecular formula is C15H26N2O5S. The number of hydrogen-bond acceptors (Lipinski definition) is 5. The number of carbonyl (C=O) groups excluding carboxylic acids is 2. The Hall–Kier alpha value is -1.41. The van der Waals surface area contributed by atoms with E-state index in [4.69, 9.17) is 4.74 Å². The van der Waals surface area contributed by atoms with Crippen LogP contribution in [0.3, 0.4) is 0 Å². The van der Waals surface area contributed by atoms with Crippen molar-refractivity contribution in [1.82, 2.24) is 9.62 Å². The minimum Gasteiger partial charge on any atom is -0.499 e. The maximum atomic E-state index is 12.8. The molecule has 1 N–H and O–H groups in total. The van der Waals surface area contributed by atoms with Crippen LogP contribution in [0.15, 0.2) is 11.8 Å². The van der Waals surface area contributed by atoms with Gasteiger partial charge in [-0.3, -0.25) is 14.5 Å². The van der Waals surface area contributed by atoms with Crippen molar-refractivity contribution < 1.29 is 22.7 Å². The Morgan fingerprint density at radius 2 is 2.00 bits per heavy atom. The maximum absolute atomic E-state index is 12.8. The highest BCUT2D eigenvalue weighted by atomic mass is 32.2. The highest BCUT2D eigenvalue weighted by molar-refractivity contribution is 7.89. The highest BCUT2D eigenvalue weighted by Gasteiger charge is 2.40. The minimum absolute atomic E-state index is 0.117. The molecule has 132 valence electrons. The Labute approximate surface area is 138 Å². The molecule has 8 heteroatoms. The lowest BCUT2D eigenvalue weighted by Crippen LogP contribution is -2.52. The van der Waals surface area contributed by atoms with Crippen molar-refractivity contribution >= 4 is 21.8 Å². The van der Waals surface area contributed by atoms with Gasteiger partial charge in [0.2, 0.25) is 15.9 Å². The zero-order valence-electron chi connectivity index (χ0n) is 14.2. The van der Waals surface area contributed by atoms with Gasteiger partial charge in [-0.15, -0.1) is 0 Å². The molecule has 0 aromatic carbocycles. The Morgan fingerprint density at radius 1 is 1.35 bits per heavy atom. The summed E-state index contributed by atoms with van der Waals surface area (Å²) in [5.41, 5.74) is 0. The Bertz CT molecular complexity index is 570. The van der Waals surface area contributed by atoms with Crippen LogP contribution in [0, 0.1) is 0 Å². The van der Waals surface area contributed by atoms with Crippen molar-refractivity contribution in [3.63, 3.8) is 0 Å². The van der Waals surface area contributed by atoms with Crippen molar-refractivity contribution in [3.05, 3.63) is 11.8 Å². The van der Waals surface area contributed by atoms with Crippen molar-refractivity contribution in [2.75, 3.05) is 12.9 Å². The third-order valence-electron chi connectivity index (χ3n) is 3.76.